The van der Waals surface area contributed by atoms with E-state index in [1.165, 1.54) is 18.3 Å². The Labute approximate surface area is 138 Å². The Morgan fingerprint density at radius 2 is 1.88 bits per heavy atom. The van der Waals surface area contributed by atoms with Crippen LogP contribution in [-0.2, 0) is 0 Å². The van der Waals surface area contributed by atoms with Gasteiger partial charge in [0.2, 0.25) is 5.95 Å². The number of aromatic nitrogens is 2. The van der Waals surface area contributed by atoms with E-state index < -0.39 is 11.6 Å². The number of carbonyl (C=O) groups is 1. The second kappa shape index (κ2) is 6.90. The zero-order valence-electron chi connectivity index (χ0n) is 13.3. The number of likely N-dealkylation sites (tertiary alicyclic amines) is 1. The van der Waals surface area contributed by atoms with E-state index in [1.807, 2.05) is 0 Å². The molecule has 0 bridgehead atoms. The predicted molar refractivity (Wildman–Crippen MR) is 86.0 cm³/mol. The Kier molecular flexibility index (Phi) is 4.69. The van der Waals surface area contributed by atoms with Gasteiger partial charge in [0.05, 0.1) is 0 Å². The average Bonchev–Trinajstić information content (AvgIpc) is 2.59. The predicted octanol–water partition coefficient (Wildman–Crippen LogP) is 3.37. The lowest BCUT2D eigenvalue weighted by atomic mass is 9.99. The Morgan fingerprint density at radius 3 is 2.54 bits per heavy atom. The molecular weight excluding hydrogens is 314 g/mol. The zero-order chi connectivity index (χ0) is 17.1. The minimum Gasteiger partial charge on any atom is -0.337 e. The Balaban J connectivity index is 1.78. The second-order valence-electron chi connectivity index (χ2n) is 5.96. The number of para-hydroxylation sites is 1. The number of hydrogen-bond donors (Lipinski definition) is 1. The summed E-state index contributed by atoms with van der Waals surface area (Å²) in [5.74, 6) is -1.10. The number of hydrogen-bond acceptors (Lipinski definition) is 4. The molecule has 1 aromatic heterocycles. The number of rotatable bonds is 3. The molecule has 0 spiro atoms. The lowest BCUT2D eigenvalue weighted by Crippen LogP contribution is -2.38. The molecule has 0 aliphatic carbocycles. The summed E-state index contributed by atoms with van der Waals surface area (Å²) in [4.78, 5) is 22.3. The van der Waals surface area contributed by atoms with Crippen molar-refractivity contribution >= 4 is 17.5 Å². The topological polar surface area (TPSA) is 58.1 Å². The molecule has 2 aromatic rings. The quantitative estimate of drug-likeness (QED) is 0.936. The maximum atomic E-state index is 13.7. The van der Waals surface area contributed by atoms with E-state index in [9.17, 15) is 13.6 Å². The fraction of sp³-hybridized carbons (Fsp3) is 0.353. The molecule has 2 heterocycles. The van der Waals surface area contributed by atoms with Crippen LogP contribution >= 0.6 is 0 Å². The minimum absolute atomic E-state index is 0.0183. The fourth-order valence-corrected chi connectivity index (χ4v) is 2.64. The van der Waals surface area contributed by atoms with Crippen molar-refractivity contribution in [3.8, 4) is 0 Å². The second-order valence-corrected chi connectivity index (χ2v) is 5.96. The van der Waals surface area contributed by atoms with E-state index in [1.54, 1.807) is 4.90 Å². The van der Waals surface area contributed by atoms with Gasteiger partial charge in [-0.1, -0.05) is 13.0 Å². The third kappa shape index (κ3) is 3.50. The molecule has 0 unspecified atom stereocenters. The fourth-order valence-electron chi connectivity index (χ4n) is 2.64. The van der Waals surface area contributed by atoms with E-state index in [0.29, 0.717) is 19.0 Å². The van der Waals surface area contributed by atoms with Crippen LogP contribution in [0.25, 0.3) is 0 Å². The third-order valence-corrected chi connectivity index (χ3v) is 4.15. The molecule has 5 nitrogen and oxygen atoms in total. The number of amides is 1. The maximum Gasteiger partial charge on any atom is 0.272 e. The first-order valence-electron chi connectivity index (χ1n) is 7.88. The lowest BCUT2D eigenvalue weighted by molar-refractivity contribution is 0.0691. The van der Waals surface area contributed by atoms with Gasteiger partial charge < -0.3 is 10.2 Å². The molecule has 1 amide bonds. The van der Waals surface area contributed by atoms with Gasteiger partial charge in [0.25, 0.3) is 5.91 Å². The molecule has 1 fully saturated rings. The summed E-state index contributed by atoms with van der Waals surface area (Å²) >= 11 is 0. The largest absolute Gasteiger partial charge is 0.337 e. The van der Waals surface area contributed by atoms with Gasteiger partial charge in [-0.05, 0) is 37.0 Å². The Bertz CT molecular complexity index is 725. The molecule has 0 saturated carbocycles. The molecular formula is C17H18F2N4O. The molecule has 126 valence electrons. The maximum absolute atomic E-state index is 13.7. The van der Waals surface area contributed by atoms with Gasteiger partial charge >= 0.3 is 0 Å². The van der Waals surface area contributed by atoms with Gasteiger partial charge in [0.1, 0.15) is 23.0 Å². The van der Waals surface area contributed by atoms with E-state index in [-0.39, 0.29) is 23.2 Å². The highest BCUT2D eigenvalue weighted by molar-refractivity contribution is 5.92. The molecule has 1 saturated heterocycles. The van der Waals surface area contributed by atoms with Gasteiger partial charge in [-0.25, -0.2) is 18.7 Å². The van der Waals surface area contributed by atoms with Crippen LogP contribution in [0.5, 0.6) is 0 Å². The van der Waals surface area contributed by atoms with Gasteiger partial charge in [-0.3, -0.25) is 4.79 Å². The number of nitrogens with one attached hydrogen (secondary N) is 1. The van der Waals surface area contributed by atoms with Crippen molar-refractivity contribution in [3.63, 3.8) is 0 Å². The molecule has 1 aromatic carbocycles. The van der Waals surface area contributed by atoms with Crippen molar-refractivity contribution in [2.24, 2.45) is 5.92 Å². The summed E-state index contributed by atoms with van der Waals surface area (Å²) in [6.07, 6.45) is 3.32. The molecule has 0 radical (unpaired) electrons. The molecule has 1 N–H and O–H groups in total. The molecule has 3 rings (SSSR count). The van der Waals surface area contributed by atoms with Crippen LogP contribution in [-0.4, -0.2) is 33.9 Å². The monoisotopic (exact) mass is 332 g/mol. The summed E-state index contributed by atoms with van der Waals surface area (Å²) < 4.78 is 27.4. The summed E-state index contributed by atoms with van der Waals surface area (Å²) in [5.41, 5.74) is -0.132. The Morgan fingerprint density at radius 1 is 1.21 bits per heavy atom. The molecule has 1 aliphatic heterocycles. The van der Waals surface area contributed by atoms with E-state index in [2.05, 4.69) is 22.2 Å². The molecule has 1 aliphatic rings. The van der Waals surface area contributed by atoms with Crippen LogP contribution < -0.4 is 5.32 Å². The summed E-state index contributed by atoms with van der Waals surface area (Å²) in [6, 6.07) is 5.04. The van der Waals surface area contributed by atoms with Crippen LogP contribution in [0.3, 0.4) is 0 Å². The summed E-state index contributed by atoms with van der Waals surface area (Å²) in [7, 11) is 0. The number of piperidine rings is 1. The minimum atomic E-state index is -0.750. The van der Waals surface area contributed by atoms with Crippen molar-refractivity contribution in [3.05, 3.63) is 47.8 Å². The highest BCUT2D eigenvalue weighted by atomic mass is 19.1. The van der Waals surface area contributed by atoms with Crippen molar-refractivity contribution in [1.82, 2.24) is 14.9 Å². The number of benzene rings is 1. The van der Waals surface area contributed by atoms with Gasteiger partial charge in [0, 0.05) is 19.3 Å². The average molecular weight is 332 g/mol. The molecule has 24 heavy (non-hydrogen) atoms. The first kappa shape index (κ1) is 16.3. The number of halogens is 2. The first-order valence-corrected chi connectivity index (χ1v) is 7.88. The van der Waals surface area contributed by atoms with Crippen LogP contribution in [0.4, 0.5) is 20.4 Å². The number of carbonyl (C=O) groups excluding carboxylic acids is 1. The number of nitrogens with zero attached hydrogens (tertiary/aromatic N) is 3. The van der Waals surface area contributed by atoms with E-state index in [0.717, 1.165) is 25.0 Å². The van der Waals surface area contributed by atoms with E-state index >= 15 is 0 Å². The SMILES string of the molecule is CC1CCN(C(=O)c2ccnc(Nc3c(F)cccc3F)n2)CC1. The van der Waals surface area contributed by atoms with Crippen molar-refractivity contribution < 1.29 is 13.6 Å². The van der Waals surface area contributed by atoms with Crippen LogP contribution in [0, 0.1) is 17.6 Å². The summed E-state index contributed by atoms with van der Waals surface area (Å²) in [5, 5.41) is 2.50. The van der Waals surface area contributed by atoms with E-state index in [4.69, 9.17) is 0 Å². The molecule has 7 heteroatoms. The van der Waals surface area contributed by atoms with Crippen molar-refractivity contribution in [1.29, 1.82) is 0 Å². The van der Waals surface area contributed by atoms with Crippen molar-refractivity contribution in [2.75, 3.05) is 18.4 Å². The van der Waals surface area contributed by atoms with Crippen LogP contribution in [0.15, 0.2) is 30.5 Å². The molecule has 0 atom stereocenters. The smallest absolute Gasteiger partial charge is 0.272 e. The highest BCUT2D eigenvalue weighted by Crippen LogP contribution is 2.22. The third-order valence-electron chi connectivity index (χ3n) is 4.15. The van der Waals surface area contributed by atoms with Crippen LogP contribution in [0.2, 0.25) is 0 Å². The lowest BCUT2D eigenvalue weighted by Gasteiger charge is -2.30. The van der Waals surface area contributed by atoms with Gasteiger partial charge in [0.15, 0.2) is 0 Å². The number of anilines is 2. The van der Waals surface area contributed by atoms with Gasteiger partial charge in [-0.2, -0.15) is 0 Å². The normalized spacial score (nSPS) is 15.4. The first-order chi connectivity index (χ1) is 11.5. The van der Waals surface area contributed by atoms with Crippen LogP contribution in [0.1, 0.15) is 30.3 Å². The Hall–Kier alpha value is -2.57. The standard InChI is InChI=1S/C17H18F2N4O/c1-11-6-9-23(10-7-11)16(24)14-5-8-20-17(21-14)22-15-12(18)3-2-4-13(15)19/h2-5,8,11H,6-7,9-10H2,1H3,(H,20,21,22). The summed E-state index contributed by atoms with van der Waals surface area (Å²) in [6.45, 7) is 3.54. The highest BCUT2D eigenvalue weighted by Gasteiger charge is 2.22. The zero-order valence-corrected chi connectivity index (χ0v) is 13.3. The van der Waals surface area contributed by atoms with Crippen molar-refractivity contribution in [2.45, 2.75) is 19.8 Å². The van der Waals surface area contributed by atoms with Gasteiger partial charge in [-0.15, -0.1) is 0 Å².